The highest BCUT2D eigenvalue weighted by molar-refractivity contribution is 5.85. The van der Waals surface area contributed by atoms with E-state index in [0.717, 1.165) is 36.3 Å². The van der Waals surface area contributed by atoms with Crippen LogP contribution in [-0.4, -0.2) is 21.4 Å². The Morgan fingerprint density at radius 1 is 1.00 bits per heavy atom. The summed E-state index contributed by atoms with van der Waals surface area (Å²) in [5.41, 5.74) is 5.89. The Morgan fingerprint density at radius 3 is 2.63 bits per heavy atom. The van der Waals surface area contributed by atoms with Crippen LogP contribution in [0.25, 0.3) is 10.9 Å². The van der Waals surface area contributed by atoms with Crippen molar-refractivity contribution in [2.24, 2.45) is 0 Å². The maximum Gasteiger partial charge on any atom is 0.123 e. The molecule has 27 heavy (non-hydrogen) atoms. The van der Waals surface area contributed by atoms with E-state index in [1.807, 2.05) is 30.5 Å². The fourth-order valence-electron chi connectivity index (χ4n) is 4.18. The largest absolute Gasteiger partial charge is 0.357 e. The van der Waals surface area contributed by atoms with Crippen LogP contribution >= 0.6 is 0 Å². The summed E-state index contributed by atoms with van der Waals surface area (Å²) in [5.74, 6) is -0.206. The molecule has 0 saturated carbocycles. The molecule has 134 valence electrons. The molecule has 3 nitrogen and oxygen atoms in total. The molecule has 4 aromatic rings. The second-order valence-corrected chi connectivity index (χ2v) is 7.06. The molecule has 3 heterocycles. The summed E-state index contributed by atoms with van der Waals surface area (Å²) >= 11 is 0. The second-order valence-electron chi connectivity index (χ2n) is 7.06. The first-order valence-electron chi connectivity index (χ1n) is 9.28. The van der Waals surface area contributed by atoms with Gasteiger partial charge in [0, 0.05) is 35.9 Å². The average molecular weight is 357 g/mol. The van der Waals surface area contributed by atoms with Crippen molar-refractivity contribution in [2.45, 2.75) is 19.0 Å². The zero-order chi connectivity index (χ0) is 18.2. The minimum Gasteiger partial charge on any atom is -0.357 e. The number of H-pyrrole nitrogens is 1. The third kappa shape index (κ3) is 2.92. The van der Waals surface area contributed by atoms with Gasteiger partial charge in [0.2, 0.25) is 0 Å². The van der Waals surface area contributed by atoms with Gasteiger partial charge in [0.15, 0.2) is 0 Å². The molecule has 0 aliphatic carbocycles. The van der Waals surface area contributed by atoms with Gasteiger partial charge in [-0.1, -0.05) is 36.4 Å². The minimum atomic E-state index is -0.206. The number of nitrogens with one attached hydrogen (secondary N) is 1. The van der Waals surface area contributed by atoms with E-state index in [1.165, 1.54) is 16.6 Å². The Hall–Kier alpha value is -2.98. The Balaban J connectivity index is 1.62. The van der Waals surface area contributed by atoms with E-state index in [4.69, 9.17) is 0 Å². The van der Waals surface area contributed by atoms with E-state index >= 15 is 0 Å². The second kappa shape index (κ2) is 6.63. The summed E-state index contributed by atoms with van der Waals surface area (Å²) in [6, 6.07) is 21.4. The van der Waals surface area contributed by atoms with Gasteiger partial charge in [-0.2, -0.15) is 0 Å². The number of halogens is 1. The number of benzene rings is 2. The quantitative estimate of drug-likeness (QED) is 0.568. The van der Waals surface area contributed by atoms with Crippen molar-refractivity contribution in [1.82, 2.24) is 14.9 Å². The predicted octanol–water partition coefficient (Wildman–Crippen LogP) is 4.85. The lowest BCUT2D eigenvalue weighted by Gasteiger charge is -2.36. The van der Waals surface area contributed by atoms with Crippen LogP contribution in [0.4, 0.5) is 4.39 Å². The van der Waals surface area contributed by atoms with Crippen LogP contribution in [0.3, 0.4) is 0 Å². The molecule has 0 bridgehead atoms. The fraction of sp³-hybridized carbons (Fsp3) is 0.174. The van der Waals surface area contributed by atoms with Crippen LogP contribution in [0.5, 0.6) is 0 Å². The third-order valence-corrected chi connectivity index (χ3v) is 5.41. The van der Waals surface area contributed by atoms with Crippen LogP contribution in [0.2, 0.25) is 0 Å². The lowest BCUT2D eigenvalue weighted by Crippen LogP contribution is -2.35. The first kappa shape index (κ1) is 16.2. The first-order valence-corrected chi connectivity index (χ1v) is 9.28. The molecule has 0 amide bonds. The van der Waals surface area contributed by atoms with Gasteiger partial charge >= 0.3 is 0 Å². The molecule has 1 N–H and O–H groups in total. The molecule has 0 saturated heterocycles. The highest BCUT2D eigenvalue weighted by atomic mass is 19.1. The number of fused-ring (bicyclic) bond motifs is 3. The molecule has 1 aliphatic heterocycles. The maximum absolute atomic E-state index is 13.5. The molecule has 2 aromatic carbocycles. The van der Waals surface area contributed by atoms with Crippen molar-refractivity contribution in [3.63, 3.8) is 0 Å². The van der Waals surface area contributed by atoms with E-state index in [-0.39, 0.29) is 11.9 Å². The van der Waals surface area contributed by atoms with Gasteiger partial charge < -0.3 is 4.98 Å². The Kier molecular flexibility index (Phi) is 3.98. The van der Waals surface area contributed by atoms with Crippen LogP contribution in [0.15, 0.2) is 72.9 Å². The SMILES string of the molecule is Fc1ccc(C2c3[nH]c4ccccc4c3CCN2Cc2ccccn2)cc1. The highest BCUT2D eigenvalue weighted by Gasteiger charge is 2.31. The van der Waals surface area contributed by atoms with Crippen LogP contribution in [0.1, 0.15) is 28.6 Å². The third-order valence-electron chi connectivity index (χ3n) is 5.41. The van der Waals surface area contributed by atoms with E-state index in [1.54, 1.807) is 12.1 Å². The lowest BCUT2D eigenvalue weighted by molar-refractivity contribution is 0.199. The predicted molar refractivity (Wildman–Crippen MR) is 105 cm³/mol. The van der Waals surface area contributed by atoms with E-state index in [2.05, 4.69) is 45.2 Å². The monoisotopic (exact) mass is 357 g/mol. The smallest absolute Gasteiger partial charge is 0.123 e. The van der Waals surface area contributed by atoms with Crippen molar-refractivity contribution < 1.29 is 4.39 Å². The van der Waals surface area contributed by atoms with Crippen molar-refractivity contribution >= 4 is 10.9 Å². The molecular weight excluding hydrogens is 337 g/mol. The average Bonchev–Trinajstić information content (AvgIpc) is 3.08. The van der Waals surface area contributed by atoms with Crippen molar-refractivity contribution in [2.75, 3.05) is 6.54 Å². The molecule has 2 aromatic heterocycles. The molecule has 1 unspecified atom stereocenters. The molecule has 5 rings (SSSR count). The summed E-state index contributed by atoms with van der Waals surface area (Å²) in [5, 5.41) is 1.29. The minimum absolute atomic E-state index is 0.0590. The zero-order valence-electron chi connectivity index (χ0n) is 14.9. The van der Waals surface area contributed by atoms with Gasteiger partial charge in [-0.05, 0) is 47.9 Å². The number of hydrogen-bond acceptors (Lipinski definition) is 2. The summed E-state index contributed by atoms with van der Waals surface area (Å²) in [4.78, 5) is 10.6. The first-order chi connectivity index (χ1) is 13.3. The van der Waals surface area contributed by atoms with E-state index in [0.29, 0.717) is 0 Å². The van der Waals surface area contributed by atoms with Crippen LogP contribution < -0.4 is 0 Å². The van der Waals surface area contributed by atoms with Crippen LogP contribution in [-0.2, 0) is 13.0 Å². The fourth-order valence-corrected chi connectivity index (χ4v) is 4.18. The lowest BCUT2D eigenvalue weighted by atomic mass is 9.92. The standard InChI is InChI=1S/C23H20FN3/c24-17-10-8-16(9-11-17)23-22-20(19-6-1-2-7-21(19)26-22)12-14-27(23)15-18-5-3-4-13-25-18/h1-11,13,23,26H,12,14-15H2. The topological polar surface area (TPSA) is 31.9 Å². The number of para-hydroxylation sites is 1. The van der Waals surface area contributed by atoms with Crippen molar-refractivity contribution in [1.29, 1.82) is 0 Å². The summed E-state index contributed by atoms with van der Waals surface area (Å²) in [6.07, 6.45) is 2.82. The summed E-state index contributed by atoms with van der Waals surface area (Å²) in [7, 11) is 0. The Labute approximate surface area is 157 Å². The van der Waals surface area contributed by atoms with Gasteiger partial charge in [0.1, 0.15) is 5.82 Å². The number of rotatable bonds is 3. The van der Waals surface area contributed by atoms with E-state index in [9.17, 15) is 4.39 Å². The highest BCUT2D eigenvalue weighted by Crippen LogP contribution is 2.38. The Bertz CT molecular complexity index is 1070. The van der Waals surface area contributed by atoms with Gasteiger partial charge in [-0.25, -0.2) is 4.39 Å². The molecule has 0 radical (unpaired) electrons. The molecule has 0 spiro atoms. The molecule has 1 atom stereocenters. The van der Waals surface area contributed by atoms with Crippen molar-refractivity contribution in [3.8, 4) is 0 Å². The van der Waals surface area contributed by atoms with Gasteiger partial charge in [-0.3, -0.25) is 9.88 Å². The number of nitrogens with zero attached hydrogens (tertiary/aromatic N) is 2. The number of aromatic nitrogens is 2. The van der Waals surface area contributed by atoms with E-state index < -0.39 is 0 Å². The molecule has 4 heteroatoms. The number of pyridine rings is 1. The van der Waals surface area contributed by atoms with Gasteiger partial charge in [-0.15, -0.1) is 0 Å². The van der Waals surface area contributed by atoms with Gasteiger partial charge in [0.25, 0.3) is 0 Å². The molecular formula is C23H20FN3. The molecule has 1 aliphatic rings. The number of hydrogen-bond donors (Lipinski definition) is 1. The zero-order valence-corrected chi connectivity index (χ0v) is 14.9. The molecule has 0 fully saturated rings. The summed E-state index contributed by atoms with van der Waals surface area (Å²) < 4.78 is 13.5. The summed E-state index contributed by atoms with van der Waals surface area (Å²) in [6.45, 7) is 1.70. The van der Waals surface area contributed by atoms with Crippen molar-refractivity contribution in [3.05, 3.63) is 101 Å². The van der Waals surface area contributed by atoms with Crippen LogP contribution in [0, 0.1) is 5.82 Å². The normalized spacial score (nSPS) is 17.1. The maximum atomic E-state index is 13.5. The Morgan fingerprint density at radius 2 is 1.81 bits per heavy atom. The number of aromatic amines is 1. The van der Waals surface area contributed by atoms with Gasteiger partial charge in [0.05, 0.1) is 11.7 Å².